The first-order chi connectivity index (χ1) is 10.9. The normalized spacial score (nSPS) is 25.4. The van der Waals surface area contributed by atoms with Gasteiger partial charge in [0.15, 0.2) is 11.9 Å². The topological polar surface area (TPSA) is 81.5 Å². The summed E-state index contributed by atoms with van der Waals surface area (Å²) in [5, 5.41) is 14.0. The molecule has 0 aromatic heterocycles. The summed E-state index contributed by atoms with van der Waals surface area (Å²) in [6.07, 6.45) is 2.49. The fraction of sp³-hybridized carbons (Fsp3) is 0.588. The summed E-state index contributed by atoms with van der Waals surface area (Å²) in [5.41, 5.74) is -0.133. The van der Waals surface area contributed by atoms with Crippen LogP contribution in [0.5, 0.6) is 5.75 Å². The van der Waals surface area contributed by atoms with Crippen LogP contribution in [0.1, 0.15) is 40.0 Å². The summed E-state index contributed by atoms with van der Waals surface area (Å²) >= 11 is 0. The van der Waals surface area contributed by atoms with Crippen molar-refractivity contribution in [2.75, 3.05) is 0 Å². The van der Waals surface area contributed by atoms with Gasteiger partial charge in [0.05, 0.1) is 4.92 Å². The molecule has 23 heavy (non-hydrogen) atoms. The van der Waals surface area contributed by atoms with Crippen molar-refractivity contribution < 1.29 is 14.5 Å². The third-order valence-corrected chi connectivity index (χ3v) is 4.77. The number of nitrogens with one attached hydrogen (secondary N) is 1. The van der Waals surface area contributed by atoms with Crippen LogP contribution in [-0.2, 0) is 4.79 Å². The number of para-hydroxylation sites is 2. The second-order valence-corrected chi connectivity index (χ2v) is 6.37. The molecule has 6 nitrogen and oxygen atoms in total. The second kappa shape index (κ2) is 7.44. The van der Waals surface area contributed by atoms with E-state index in [1.807, 2.05) is 0 Å². The second-order valence-electron chi connectivity index (χ2n) is 6.37. The molecule has 1 aliphatic rings. The molecule has 1 saturated carbocycles. The summed E-state index contributed by atoms with van der Waals surface area (Å²) < 4.78 is 5.52. The van der Waals surface area contributed by atoms with Gasteiger partial charge in [0.25, 0.3) is 5.91 Å². The van der Waals surface area contributed by atoms with Gasteiger partial charge >= 0.3 is 5.69 Å². The molecule has 1 fully saturated rings. The number of ether oxygens (including phenoxy) is 1. The van der Waals surface area contributed by atoms with Gasteiger partial charge in [-0.3, -0.25) is 14.9 Å². The van der Waals surface area contributed by atoms with Crippen LogP contribution < -0.4 is 10.1 Å². The van der Waals surface area contributed by atoms with E-state index in [1.165, 1.54) is 18.6 Å². The number of hydrogen-bond donors (Lipinski definition) is 1. The Morgan fingerprint density at radius 1 is 1.35 bits per heavy atom. The Morgan fingerprint density at radius 2 is 2.04 bits per heavy atom. The quantitative estimate of drug-likeness (QED) is 0.666. The Hall–Kier alpha value is -2.11. The highest BCUT2D eigenvalue weighted by atomic mass is 16.6. The Labute approximate surface area is 136 Å². The zero-order chi connectivity index (χ0) is 17.0. The average Bonchev–Trinajstić information content (AvgIpc) is 2.52. The first kappa shape index (κ1) is 17.2. The number of nitro groups is 1. The van der Waals surface area contributed by atoms with Crippen LogP contribution in [0.2, 0.25) is 0 Å². The zero-order valence-electron chi connectivity index (χ0n) is 13.8. The highest BCUT2D eigenvalue weighted by molar-refractivity contribution is 5.81. The first-order valence-corrected chi connectivity index (χ1v) is 8.10. The molecule has 0 bridgehead atoms. The number of rotatable bonds is 5. The van der Waals surface area contributed by atoms with E-state index in [-0.39, 0.29) is 23.4 Å². The molecule has 1 N–H and O–H groups in total. The smallest absolute Gasteiger partial charge is 0.310 e. The Morgan fingerprint density at radius 3 is 2.74 bits per heavy atom. The summed E-state index contributed by atoms with van der Waals surface area (Å²) in [5.74, 6) is 0.894. The number of hydrogen-bond acceptors (Lipinski definition) is 4. The zero-order valence-corrected chi connectivity index (χ0v) is 13.8. The van der Waals surface area contributed by atoms with Gasteiger partial charge < -0.3 is 10.1 Å². The average molecular weight is 320 g/mol. The molecule has 0 saturated heterocycles. The Balaban J connectivity index is 1.99. The maximum atomic E-state index is 12.3. The molecule has 2 rings (SSSR count). The molecule has 0 heterocycles. The molecule has 126 valence electrons. The molecule has 0 spiro atoms. The standard InChI is InChI=1S/C17H24N2O4/c1-11-7-6-8-14(12(11)2)18-17(20)13(3)23-16-10-5-4-9-15(16)19(21)22/h4-5,9-14H,6-8H2,1-3H3,(H,18,20)/t11-,12+,13+,14+/m0/s1. The first-order valence-electron chi connectivity index (χ1n) is 8.10. The third-order valence-electron chi connectivity index (χ3n) is 4.77. The number of benzene rings is 1. The molecule has 6 heteroatoms. The maximum Gasteiger partial charge on any atom is 0.310 e. The summed E-state index contributed by atoms with van der Waals surface area (Å²) in [4.78, 5) is 22.8. The maximum absolute atomic E-state index is 12.3. The lowest BCUT2D eigenvalue weighted by atomic mass is 9.78. The van der Waals surface area contributed by atoms with Crippen molar-refractivity contribution >= 4 is 11.6 Å². The molecule has 0 radical (unpaired) electrons. The van der Waals surface area contributed by atoms with Crippen molar-refractivity contribution in [3.63, 3.8) is 0 Å². The molecule has 1 amide bonds. The molecule has 4 atom stereocenters. The lowest BCUT2D eigenvalue weighted by molar-refractivity contribution is -0.386. The summed E-state index contributed by atoms with van der Waals surface area (Å²) in [6.45, 7) is 5.97. The number of amides is 1. The van der Waals surface area contributed by atoms with E-state index in [0.29, 0.717) is 11.8 Å². The van der Waals surface area contributed by atoms with E-state index in [0.717, 1.165) is 12.8 Å². The van der Waals surface area contributed by atoms with Crippen molar-refractivity contribution in [1.82, 2.24) is 5.32 Å². The van der Waals surface area contributed by atoms with Crippen LogP contribution in [0, 0.1) is 22.0 Å². The molecule has 1 aromatic carbocycles. The van der Waals surface area contributed by atoms with Crippen molar-refractivity contribution in [3.05, 3.63) is 34.4 Å². The van der Waals surface area contributed by atoms with Crippen LogP contribution in [0.15, 0.2) is 24.3 Å². The van der Waals surface area contributed by atoms with Gasteiger partial charge in [-0.15, -0.1) is 0 Å². The van der Waals surface area contributed by atoms with E-state index in [9.17, 15) is 14.9 Å². The number of nitrogens with zero attached hydrogens (tertiary/aromatic N) is 1. The molecule has 0 unspecified atom stereocenters. The van der Waals surface area contributed by atoms with Gasteiger partial charge in [-0.1, -0.05) is 38.8 Å². The van der Waals surface area contributed by atoms with Crippen molar-refractivity contribution in [3.8, 4) is 5.75 Å². The number of nitro benzene ring substituents is 1. The van der Waals surface area contributed by atoms with E-state index in [1.54, 1.807) is 19.1 Å². The highest BCUT2D eigenvalue weighted by Gasteiger charge is 2.30. The fourth-order valence-electron chi connectivity index (χ4n) is 3.04. The summed E-state index contributed by atoms with van der Waals surface area (Å²) in [6, 6.07) is 6.24. The minimum atomic E-state index is -0.777. The van der Waals surface area contributed by atoms with E-state index >= 15 is 0 Å². The van der Waals surface area contributed by atoms with Crippen LogP contribution in [0.4, 0.5) is 5.69 Å². The van der Waals surface area contributed by atoms with Crippen LogP contribution >= 0.6 is 0 Å². The van der Waals surface area contributed by atoms with Crippen LogP contribution in [-0.4, -0.2) is 23.0 Å². The minimum Gasteiger partial charge on any atom is -0.474 e. The van der Waals surface area contributed by atoms with Gasteiger partial charge in [-0.05, 0) is 31.2 Å². The third kappa shape index (κ3) is 4.21. The van der Waals surface area contributed by atoms with E-state index in [4.69, 9.17) is 4.74 Å². The number of carbonyl (C=O) groups is 1. The summed E-state index contributed by atoms with van der Waals surface area (Å²) in [7, 11) is 0. The van der Waals surface area contributed by atoms with Gasteiger partial charge in [0, 0.05) is 12.1 Å². The van der Waals surface area contributed by atoms with Crippen molar-refractivity contribution in [2.24, 2.45) is 11.8 Å². The van der Waals surface area contributed by atoms with Crippen molar-refractivity contribution in [1.29, 1.82) is 0 Å². The van der Waals surface area contributed by atoms with Gasteiger partial charge in [-0.2, -0.15) is 0 Å². The molecular formula is C17H24N2O4. The van der Waals surface area contributed by atoms with Crippen LogP contribution in [0.25, 0.3) is 0 Å². The van der Waals surface area contributed by atoms with Crippen LogP contribution in [0.3, 0.4) is 0 Å². The van der Waals surface area contributed by atoms with E-state index < -0.39 is 11.0 Å². The predicted octanol–water partition coefficient (Wildman–Crippen LogP) is 3.30. The Kier molecular flexibility index (Phi) is 5.58. The monoisotopic (exact) mass is 320 g/mol. The fourth-order valence-corrected chi connectivity index (χ4v) is 3.04. The largest absolute Gasteiger partial charge is 0.474 e. The SMILES string of the molecule is C[C@@H]1[C@@H](C)CCC[C@H]1NC(=O)[C@@H](C)Oc1ccccc1[N+](=O)[O-]. The number of carbonyl (C=O) groups excluding carboxylic acids is 1. The minimum absolute atomic E-state index is 0.116. The Bertz CT molecular complexity index is 575. The molecular weight excluding hydrogens is 296 g/mol. The highest BCUT2D eigenvalue weighted by Crippen LogP contribution is 2.30. The molecule has 1 aromatic rings. The van der Waals surface area contributed by atoms with Gasteiger partial charge in [0.2, 0.25) is 0 Å². The lowest BCUT2D eigenvalue weighted by Gasteiger charge is -2.35. The predicted molar refractivity (Wildman–Crippen MR) is 87.3 cm³/mol. The van der Waals surface area contributed by atoms with Gasteiger partial charge in [0.1, 0.15) is 0 Å². The molecule has 1 aliphatic carbocycles. The van der Waals surface area contributed by atoms with Gasteiger partial charge in [-0.25, -0.2) is 0 Å². The van der Waals surface area contributed by atoms with Crippen molar-refractivity contribution in [2.45, 2.75) is 52.2 Å². The molecule has 0 aliphatic heterocycles. The van der Waals surface area contributed by atoms with E-state index in [2.05, 4.69) is 19.2 Å². The lowest BCUT2D eigenvalue weighted by Crippen LogP contribution is -2.48.